The van der Waals surface area contributed by atoms with Gasteiger partial charge in [-0.05, 0) is 65.4 Å². The molecule has 0 spiro atoms. The molecule has 0 unspecified atom stereocenters. The van der Waals surface area contributed by atoms with E-state index in [1.54, 1.807) is 18.2 Å². The second-order valence-electron chi connectivity index (χ2n) is 6.24. The smallest absolute Gasteiger partial charge is 0.267 e. The lowest BCUT2D eigenvalue weighted by atomic mass is 10.2. The molecule has 0 bridgehead atoms. The Hall–Kier alpha value is -2.70. The van der Waals surface area contributed by atoms with Gasteiger partial charge in [0.25, 0.3) is 5.91 Å². The summed E-state index contributed by atoms with van der Waals surface area (Å²) in [6, 6.07) is 16.1. The number of halogens is 1. The van der Waals surface area contributed by atoms with Gasteiger partial charge in [-0.2, -0.15) is 10.1 Å². The van der Waals surface area contributed by atoms with Gasteiger partial charge in [0, 0.05) is 9.64 Å². The van der Waals surface area contributed by atoms with Crippen LogP contribution in [-0.2, 0) is 0 Å². The predicted octanol–water partition coefficient (Wildman–Crippen LogP) is 5.86. The van der Waals surface area contributed by atoms with Crippen molar-refractivity contribution in [2.24, 2.45) is 5.10 Å². The van der Waals surface area contributed by atoms with E-state index in [0.29, 0.717) is 15.6 Å². The van der Waals surface area contributed by atoms with Crippen LogP contribution in [0, 0.1) is 20.6 Å². The van der Waals surface area contributed by atoms with Crippen molar-refractivity contribution in [3.05, 3.63) is 84.3 Å². The van der Waals surface area contributed by atoms with Crippen LogP contribution in [0.2, 0.25) is 0 Å². The van der Waals surface area contributed by atoms with Crippen molar-refractivity contribution in [3.63, 3.8) is 0 Å². The highest BCUT2D eigenvalue weighted by Crippen LogP contribution is 2.31. The van der Waals surface area contributed by atoms with Crippen LogP contribution in [0.5, 0.6) is 0 Å². The monoisotopic (exact) mass is 548 g/mol. The zero-order chi connectivity index (χ0) is 21.3. The number of rotatable bonds is 5. The Kier molecular flexibility index (Phi) is 5.88. The fourth-order valence-corrected chi connectivity index (χ4v) is 5.00. The molecule has 2 heterocycles. The second kappa shape index (κ2) is 8.58. The van der Waals surface area contributed by atoms with Gasteiger partial charge in [0.15, 0.2) is 0 Å². The van der Waals surface area contributed by atoms with E-state index in [2.05, 4.69) is 32.7 Å². The number of nitro groups is 1. The van der Waals surface area contributed by atoms with Crippen LogP contribution in [0.25, 0.3) is 10.2 Å². The van der Waals surface area contributed by atoms with Gasteiger partial charge in [-0.15, -0.1) is 0 Å². The highest BCUT2D eigenvalue weighted by Gasteiger charge is 2.23. The van der Waals surface area contributed by atoms with Gasteiger partial charge in [0.1, 0.15) is 0 Å². The normalized spacial score (nSPS) is 11.3. The van der Waals surface area contributed by atoms with Gasteiger partial charge in [0.05, 0.1) is 31.8 Å². The summed E-state index contributed by atoms with van der Waals surface area (Å²) in [5.41, 5.74) is 2.38. The molecule has 0 saturated heterocycles. The first-order valence-electron chi connectivity index (χ1n) is 8.67. The van der Waals surface area contributed by atoms with Crippen LogP contribution < -0.4 is 5.01 Å². The number of anilines is 1. The fourth-order valence-electron chi connectivity index (χ4n) is 2.67. The molecule has 10 heteroatoms. The number of carbonyl (C=O) groups excluding carboxylic acids is 1. The van der Waals surface area contributed by atoms with Crippen molar-refractivity contribution >= 4 is 77.7 Å². The minimum Gasteiger partial charge on any atom is -0.267 e. The lowest BCUT2D eigenvalue weighted by molar-refractivity contribution is -0.380. The molecule has 4 aromatic rings. The summed E-state index contributed by atoms with van der Waals surface area (Å²) in [5.74, 6) is -0.321. The zero-order valence-electron chi connectivity index (χ0n) is 15.5. The van der Waals surface area contributed by atoms with E-state index in [1.807, 2.05) is 37.3 Å². The third kappa shape index (κ3) is 4.25. The van der Waals surface area contributed by atoms with Gasteiger partial charge >= 0.3 is 5.00 Å². The molecule has 0 fully saturated rings. The Morgan fingerprint density at radius 2 is 2.00 bits per heavy atom. The van der Waals surface area contributed by atoms with Crippen molar-refractivity contribution in [2.75, 3.05) is 5.01 Å². The first kappa shape index (κ1) is 20.6. The third-order valence-electron chi connectivity index (χ3n) is 4.10. The molecule has 0 atom stereocenters. The molecule has 150 valence electrons. The van der Waals surface area contributed by atoms with E-state index in [4.69, 9.17) is 0 Å². The molecule has 0 aliphatic carbocycles. The average Bonchev–Trinajstić information content (AvgIpc) is 3.35. The molecular weight excluding hydrogens is 535 g/mol. The summed E-state index contributed by atoms with van der Waals surface area (Å²) in [4.78, 5) is 28.9. The summed E-state index contributed by atoms with van der Waals surface area (Å²) in [6.07, 6.45) is 1.45. The van der Waals surface area contributed by atoms with E-state index >= 15 is 0 Å². The highest BCUT2D eigenvalue weighted by molar-refractivity contribution is 14.1. The number of aryl methyl sites for hydroxylation is 1. The Morgan fingerprint density at radius 3 is 2.73 bits per heavy atom. The standard InChI is InChI=1S/C20H13IN4O3S2/c1-12-6-8-16-17(10-12)30-20(23-16)24(19(26)14-4-2-3-5-15(14)21)22-11-13-7-9-18(29-13)25(27)28/h2-11H,1H3/b22-11+. The lowest BCUT2D eigenvalue weighted by Crippen LogP contribution is -2.26. The van der Waals surface area contributed by atoms with Crippen LogP contribution in [0.4, 0.5) is 10.1 Å². The molecule has 1 amide bonds. The minimum absolute atomic E-state index is 0.0161. The van der Waals surface area contributed by atoms with Gasteiger partial charge in [0.2, 0.25) is 5.13 Å². The summed E-state index contributed by atoms with van der Waals surface area (Å²) < 4.78 is 1.75. The zero-order valence-corrected chi connectivity index (χ0v) is 19.3. The molecular formula is C20H13IN4O3S2. The number of hydrogen-bond donors (Lipinski definition) is 0. The minimum atomic E-state index is -0.451. The maximum absolute atomic E-state index is 13.3. The average molecular weight is 548 g/mol. The Morgan fingerprint density at radius 1 is 1.20 bits per heavy atom. The molecule has 0 radical (unpaired) electrons. The van der Waals surface area contributed by atoms with E-state index in [1.165, 1.54) is 28.6 Å². The summed E-state index contributed by atoms with van der Waals surface area (Å²) in [5, 5.41) is 17.0. The molecule has 7 nitrogen and oxygen atoms in total. The number of benzene rings is 2. The Labute approximate surface area is 193 Å². The number of amides is 1. The van der Waals surface area contributed by atoms with Crippen LogP contribution in [0.15, 0.2) is 59.7 Å². The van der Waals surface area contributed by atoms with Gasteiger partial charge < -0.3 is 0 Å². The van der Waals surface area contributed by atoms with Crippen LogP contribution in [0.1, 0.15) is 20.8 Å². The van der Waals surface area contributed by atoms with Gasteiger partial charge in [-0.3, -0.25) is 14.9 Å². The van der Waals surface area contributed by atoms with E-state index in [0.717, 1.165) is 30.7 Å². The predicted molar refractivity (Wildman–Crippen MR) is 129 cm³/mol. The van der Waals surface area contributed by atoms with Crippen molar-refractivity contribution in [1.82, 2.24) is 4.98 Å². The van der Waals surface area contributed by atoms with Crippen molar-refractivity contribution in [3.8, 4) is 0 Å². The molecule has 0 N–H and O–H groups in total. The maximum atomic E-state index is 13.3. The molecule has 0 aliphatic heterocycles. The quantitative estimate of drug-likeness (QED) is 0.135. The van der Waals surface area contributed by atoms with Crippen LogP contribution in [0.3, 0.4) is 0 Å². The fraction of sp³-hybridized carbons (Fsp3) is 0.0500. The number of fused-ring (bicyclic) bond motifs is 1. The van der Waals surface area contributed by atoms with Crippen molar-refractivity contribution < 1.29 is 9.72 Å². The van der Waals surface area contributed by atoms with Crippen LogP contribution in [-0.4, -0.2) is 22.0 Å². The molecule has 0 saturated carbocycles. The first-order chi connectivity index (χ1) is 14.4. The molecule has 2 aromatic heterocycles. The first-order valence-corrected chi connectivity index (χ1v) is 11.4. The van der Waals surface area contributed by atoms with E-state index < -0.39 is 4.92 Å². The number of hydrogen-bond acceptors (Lipinski definition) is 7. The number of carbonyl (C=O) groups is 1. The maximum Gasteiger partial charge on any atom is 0.324 e. The number of aromatic nitrogens is 1. The summed E-state index contributed by atoms with van der Waals surface area (Å²) in [7, 11) is 0. The molecule has 2 aromatic carbocycles. The Balaban J connectivity index is 1.76. The highest BCUT2D eigenvalue weighted by atomic mass is 127. The SMILES string of the molecule is Cc1ccc2nc(N(/N=C/c3ccc([N+](=O)[O-])s3)C(=O)c3ccccc3I)sc2c1. The lowest BCUT2D eigenvalue weighted by Gasteiger charge is -2.14. The van der Waals surface area contributed by atoms with Crippen molar-refractivity contribution in [1.29, 1.82) is 0 Å². The number of thiazole rings is 1. The number of hydrazone groups is 1. The third-order valence-corrected chi connectivity index (χ3v) is 7.01. The Bertz CT molecular complexity index is 1300. The second-order valence-corrected chi connectivity index (χ2v) is 9.51. The summed E-state index contributed by atoms with van der Waals surface area (Å²) >= 11 is 4.47. The van der Waals surface area contributed by atoms with E-state index in [-0.39, 0.29) is 10.9 Å². The van der Waals surface area contributed by atoms with Gasteiger partial charge in [-0.1, -0.05) is 40.9 Å². The number of nitrogens with zero attached hydrogens (tertiary/aromatic N) is 4. The van der Waals surface area contributed by atoms with Crippen LogP contribution >= 0.6 is 45.3 Å². The largest absolute Gasteiger partial charge is 0.324 e. The molecule has 0 aliphatic rings. The van der Waals surface area contributed by atoms with Gasteiger partial charge in [-0.25, -0.2) is 4.98 Å². The molecule has 30 heavy (non-hydrogen) atoms. The number of thiophene rings is 1. The van der Waals surface area contributed by atoms with Crippen molar-refractivity contribution in [2.45, 2.75) is 6.92 Å². The summed E-state index contributed by atoms with van der Waals surface area (Å²) in [6.45, 7) is 2.00. The van der Waals surface area contributed by atoms with E-state index in [9.17, 15) is 14.9 Å². The molecule has 4 rings (SSSR count). The topological polar surface area (TPSA) is 88.7 Å².